The van der Waals surface area contributed by atoms with Crippen molar-refractivity contribution in [2.24, 2.45) is 5.92 Å². The maximum atomic E-state index is 9.86. The van der Waals surface area contributed by atoms with Crippen LogP contribution in [0, 0.1) is 5.92 Å². The van der Waals surface area contributed by atoms with Crippen LogP contribution in [0.3, 0.4) is 0 Å². The van der Waals surface area contributed by atoms with Gasteiger partial charge in [-0.3, -0.25) is 0 Å². The van der Waals surface area contributed by atoms with Gasteiger partial charge in [0.15, 0.2) is 0 Å². The second kappa shape index (κ2) is 8.35. The van der Waals surface area contributed by atoms with Crippen molar-refractivity contribution in [3.63, 3.8) is 0 Å². The minimum atomic E-state index is -0.529. The average molecular weight is 336 g/mol. The van der Waals surface area contributed by atoms with Gasteiger partial charge in [0.25, 0.3) is 0 Å². The Morgan fingerprint density at radius 3 is 2.95 bits per heavy atom. The lowest BCUT2D eigenvalue weighted by Gasteiger charge is -2.15. The molecule has 1 aliphatic rings. The van der Waals surface area contributed by atoms with Gasteiger partial charge in [0.1, 0.15) is 18.5 Å². The van der Waals surface area contributed by atoms with E-state index >= 15 is 0 Å². The maximum Gasteiger partial charge on any atom is 0.121 e. The third-order valence-corrected chi connectivity index (χ3v) is 5.14. The number of rotatable bonds is 7. The van der Waals surface area contributed by atoms with E-state index in [4.69, 9.17) is 27.9 Å². The number of ether oxygens (including phenoxy) is 1. The van der Waals surface area contributed by atoms with Gasteiger partial charge in [-0.05, 0) is 42.5 Å². The largest absolute Gasteiger partial charge is 0.491 e. The summed E-state index contributed by atoms with van der Waals surface area (Å²) in [6.07, 6.45) is 0.742. The molecule has 1 aromatic carbocycles. The summed E-state index contributed by atoms with van der Waals surface area (Å²) in [4.78, 5) is 0. The molecule has 0 spiro atoms. The van der Waals surface area contributed by atoms with E-state index in [9.17, 15) is 5.11 Å². The van der Waals surface area contributed by atoms with Crippen LogP contribution >= 0.6 is 35.0 Å². The smallest absolute Gasteiger partial charge is 0.121 e. The van der Waals surface area contributed by atoms with Crippen LogP contribution in [0.4, 0.5) is 0 Å². The molecule has 1 aromatic rings. The molecule has 2 rings (SSSR count). The van der Waals surface area contributed by atoms with Gasteiger partial charge in [0.2, 0.25) is 0 Å². The van der Waals surface area contributed by atoms with Gasteiger partial charge in [-0.15, -0.1) is 0 Å². The summed E-state index contributed by atoms with van der Waals surface area (Å²) in [6, 6.07) is 5.07. The lowest BCUT2D eigenvalue weighted by molar-refractivity contribution is 0.106. The zero-order valence-corrected chi connectivity index (χ0v) is 13.5. The van der Waals surface area contributed by atoms with E-state index in [1.165, 1.54) is 17.9 Å². The highest BCUT2D eigenvalue weighted by molar-refractivity contribution is 7.99. The predicted molar refractivity (Wildman–Crippen MR) is 86.3 cm³/mol. The Hall–Kier alpha value is -0.130. The Labute approximate surface area is 134 Å². The van der Waals surface area contributed by atoms with Crippen LogP contribution in [0.2, 0.25) is 10.0 Å². The number of benzene rings is 1. The quantitative estimate of drug-likeness (QED) is 0.803. The van der Waals surface area contributed by atoms with E-state index in [1.807, 2.05) is 11.8 Å². The standard InChI is InChI=1S/C14H19Cl2NO2S/c15-13-2-1-12(5-14(13)16)19-8-11(18)7-17-6-10-3-4-20-9-10/h1-2,5,10-11,17-18H,3-4,6-9H2. The molecule has 20 heavy (non-hydrogen) atoms. The number of nitrogens with one attached hydrogen (secondary N) is 1. The van der Waals surface area contributed by atoms with Crippen LogP contribution in [0.15, 0.2) is 18.2 Å². The molecule has 0 radical (unpaired) electrons. The SMILES string of the molecule is OC(CNCC1CCSC1)COc1ccc(Cl)c(Cl)c1. The molecule has 1 saturated heterocycles. The van der Waals surface area contributed by atoms with Crippen LogP contribution < -0.4 is 10.1 Å². The normalized spacial score (nSPS) is 20.1. The summed E-state index contributed by atoms with van der Waals surface area (Å²) in [7, 11) is 0. The van der Waals surface area contributed by atoms with Gasteiger partial charge in [0.05, 0.1) is 10.0 Å². The van der Waals surface area contributed by atoms with Crippen molar-refractivity contribution in [3.05, 3.63) is 28.2 Å². The number of hydrogen-bond donors (Lipinski definition) is 2. The topological polar surface area (TPSA) is 41.5 Å². The van der Waals surface area contributed by atoms with Crippen LogP contribution in [0.5, 0.6) is 5.75 Å². The first-order chi connectivity index (χ1) is 9.65. The molecule has 0 aromatic heterocycles. The van der Waals surface area contributed by atoms with Crippen molar-refractivity contribution >= 4 is 35.0 Å². The molecule has 0 amide bonds. The monoisotopic (exact) mass is 335 g/mol. The predicted octanol–water partition coefficient (Wildman–Crippen LogP) is 3.08. The number of aliphatic hydroxyl groups is 1. The fraction of sp³-hybridized carbons (Fsp3) is 0.571. The van der Waals surface area contributed by atoms with Crippen molar-refractivity contribution in [2.45, 2.75) is 12.5 Å². The molecule has 0 aliphatic carbocycles. The molecule has 0 saturated carbocycles. The zero-order valence-electron chi connectivity index (χ0n) is 11.1. The van der Waals surface area contributed by atoms with E-state index in [0.717, 1.165) is 12.5 Å². The van der Waals surface area contributed by atoms with Gasteiger partial charge >= 0.3 is 0 Å². The number of aliphatic hydroxyl groups excluding tert-OH is 1. The van der Waals surface area contributed by atoms with Crippen LogP contribution in [0.1, 0.15) is 6.42 Å². The minimum absolute atomic E-state index is 0.240. The second-order valence-electron chi connectivity index (χ2n) is 4.93. The summed E-state index contributed by atoms with van der Waals surface area (Å²) in [6.45, 7) is 1.75. The first kappa shape index (κ1) is 16.2. The minimum Gasteiger partial charge on any atom is -0.491 e. The Morgan fingerprint density at radius 1 is 1.40 bits per heavy atom. The Kier molecular flexibility index (Phi) is 6.78. The summed E-state index contributed by atoms with van der Waals surface area (Å²) in [5, 5.41) is 14.1. The van der Waals surface area contributed by atoms with E-state index in [1.54, 1.807) is 18.2 Å². The van der Waals surface area contributed by atoms with Crippen molar-refractivity contribution in [1.29, 1.82) is 0 Å². The van der Waals surface area contributed by atoms with E-state index in [-0.39, 0.29) is 6.61 Å². The molecular weight excluding hydrogens is 317 g/mol. The summed E-state index contributed by atoms with van der Waals surface area (Å²) >= 11 is 13.7. The number of halogens is 2. The molecule has 1 fully saturated rings. The molecule has 2 atom stereocenters. The fourth-order valence-corrected chi connectivity index (χ4v) is 3.59. The molecule has 3 nitrogen and oxygen atoms in total. The third kappa shape index (κ3) is 5.34. The lowest BCUT2D eigenvalue weighted by Crippen LogP contribution is -2.34. The van der Waals surface area contributed by atoms with Gasteiger partial charge in [-0.2, -0.15) is 11.8 Å². The highest BCUT2D eigenvalue weighted by atomic mass is 35.5. The molecule has 2 unspecified atom stereocenters. The summed E-state index contributed by atoms with van der Waals surface area (Å²) in [5.74, 6) is 3.84. The van der Waals surface area contributed by atoms with Crippen molar-refractivity contribution in [2.75, 3.05) is 31.2 Å². The number of hydrogen-bond acceptors (Lipinski definition) is 4. The van der Waals surface area contributed by atoms with Crippen molar-refractivity contribution in [1.82, 2.24) is 5.32 Å². The van der Waals surface area contributed by atoms with E-state index < -0.39 is 6.10 Å². The molecule has 1 aliphatic heterocycles. The highest BCUT2D eigenvalue weighted by Crippen LogP contribution is 2.26. The van der Waals surface area contributed by atoms with E-state index in [0.29, 0.717) is 22.3 Å². The van der Waals surface area contributed by atoms with Gasteiger partial charge < -0.3 is 15.2 Å². The zero-order chi connectivity index (χ0) is 14.4. The fourth-order valence-electron chi connectivity index (χ4n) is 2.02. The Balaban J connectivity index is 1.63. The first-order valence-corrected chi connectivity index (χ1v) is 8.60. The Morgan fingerprint density at radius 2 is 2.25 bits per heavy atom. The van der Waals surface area contributed by atoms with Gasteiger partial charge in [-0.25, -0.2) is 0 Å². The van der Waals surface area contributed by atoms with Gasteiger partial charge in [0, 0.05) is 12.6 Å². The summed E-state index contributed by atoms with van der Waals surface area (Å²) in [5.41, 5.74) is 0. The molecular formula is C14H19Cl2NO2S. The van der Waals surface area contributed by atoms with Crippen molar-refractivity contribution in [3.8, 4) is 5.75 Å². The summed E-state index contributed by atoms with van der Waals surface area (Å²) < 4.78 is 5.49. The molecule has 1 heterocycles. The lowest BCUT2D eigenvalue weighted by atomic mass is 10.1. The molecule has 2 N–H and O–H groups in total. The average Bonchev–Trinajstić information content (AvgIpc) is 2.93. The van der Waals surface area contributed by atoms with Gasteiger partial charge in [-0.1, -0.05) is 23.2 Å². The first-order valence-electron chi connectivity index (χ1n) is 6.69. The Bertz CT molecular complexity index is 428. The molecule has 112 valence electrons. The third-order valence-electron chi connectivity index (χ3n) is 3.17. The highest BCUT2D eigenvalue weighted by Gasteiger charge is 2.15. The van der Waals surface area contributed by atoms with Crippen LogP contribution in [-0.2, 0) is 0 Å². The molecule has 0 bridgehead atoms. The maximum absolute atomic E-state index is 9.86. The van der Waals surface area contributed by atoms with E-state index in [2.05, 4.69) is 5.32 Å². The molecule has 6 heteroatoms. The second-order valence-corrected chi connectivity index (χ2v) is 6.89. The van der Waals surface area contributed by atoms with Crippen molar-refractivity contribution < 1.29 is 9.84 Å². The van der Waals surface area contributed by atoms with Crippen LogP contribution in [0.25, 0.3) is 0 Å². The van der Waals surface area contributed by atoms with Crippen LogP contribution in [-0.4, -0.2) is 42.4 Å². The number of thioether (sulfide) groups is 1.